The summed E-state index contributed by atoms with van der Waals surface area (Å²) in [5.74, 6) is 0. The van der Waals surface area contributed by atoms with Crippen molar-refractivity contribution in [1.82, 2.24) is 0 Å². The van der Waals surface area contributed by atoms with Gasteiger partial charge in [-0.25, -0.2) is 0 Å². The van der Waals surface area contributed by atoms with Crippen LogP contribution in [0.5, 0.6) is 0 Å². The molecule has 18 heavy (non-hydrogen) atoms. The number of aldehydes is 1. The fraction of sp³-hybridized carbons (Fsp3) is 0. The van der Waals surface area contributed by atoms with Gasteiger partial charge in [-0.3, -0.25) is 4.79 Å². The quantitative estimate of drug-likeness (QED) is 0.506. The van der Waals surface area contributed by atoms with E-state index in [0.717, 1.165) is 6.29 Å². The average Bonchev–Trinajstić information content (AvgIpc) is 2.34. The van der Waals surface area contributed by atoms with E-state index in [-0.39, 0.29) is 0 Å². The van der Waals surface area contributed by atoms with E-state index in [0.29, 0.717) is 36.8 Å². The topological polar surface area (TPSA) is 17.1 Å². The molecule has 1 nitrogen and oxygen atoms in total. The highest BCUT2D eigenvalue weighted by atomic mass is 35.5. The summed E-state index contributed by atoms with van der Waals surface area (Å²) < 4.78 is 0. The van der Waals surface area contributed by atoms with E-state index in [4.69, 9.17) is 46.4 Å². The van der Waals surface area contributed by atoms with Crippen molar-refractivity contribution in [2.75, 3.05) is 0 Å². The second kappa shape index (κ2) is 5.50. The molecule has 0 aliphatic carbocycles. The number of benzene rings is 2. The highest BCUT2D eigenvalue weighted by molar-refractivity contribution is 6.44. The lowest BCUT2D eigenvalue weighted by Crippen LogP contribution is -1.89. The molecule has 0 saturated carbocycles. The first-order valence-electron chi connectivity index (χ1n) is 4.92. The minimum absolute atomic E-state index is 0.368. The molecule has 0 heterocycles. The summed E-state index contributed by atoms with van der Waals surface area (Å²) in [6.07, 6.45) is 0.722. The minimum Gasteiger partial charge on any atom is -0.298 e. The molecular weight excluding hydrogens is 314 g/mol. The third-order valence-electron chi connectivity index (χ3n) is 2.44. The molecule has 0 aliphatic rings. The summed E-state index contributed by atoms with van der Waals surface area (Å²) in [5.41, 5.74) is 1.76. The molecule has 2 aromatic rings. The second-order valence-corrected chi connectivity index (χ2v) is 5.25. The minimum atomic E-state index is 0.368. The van der Waals surface area contributed by atoms with Crippen LogP contribution in [0.3, 0.4) is 0 Å². The molecule has 0 bridgehead atoms. The molecule has 2 rings (SSSR count). The van der Waals surface area contributed by atoms with Crippen molar-refractivity contribution in [1.29, 1.82) is 0 Å². The van der Waals surface area contributed by atoms with Gasteiger partial charge in [0, 0.05) is 16.1 Å². The molecular formula is C13H6Cl4O. The van der Waals surface area contributed by atoms with Crippen molar-refractivity contribution in [3.8, 4) is 11.1 Å². The normalized spacial score (nSPS) is 10.4. The van der Waals surface area contributed by atoms with Gasteiger partial charge in [-0.15, -0.1) is 0 Å². The number of carbonyl (C=O) groups excluding carboxylic acids is 1. The zero-order chi connectivity index (χ0) is 13.3. The van der Waals surface area contributed by atoms with Crippen LogP contribution < -0.4 is 0 Å². The first kappa shape index (κ1) is 13.7. The summed E-state index contributed by atoms with van der Waals surface area (Å²) in [7, 11) is 0. The molecule has 0 spiro atoms. The van der Waals surface area contributed by atoms with Gasteiger partial charge in [0.15, 0.2) is 6.29 Å². The van der Waals surface area contributed by atoms with E-state index in [1.165, 1.54) is 0 Å². The smallest absolute Gasteiger partial charge is 0.150 e. The lowest BCUT2D eigenvalue weighted by molar-refractivity contribution is 0.112. The third-order valence-corrected chi connectivity index (χ3v) is 3.71. The molecule has 2 aromatic carbocycles. The molecule has 5 heteroatoms. The van der Waals surface area contributed by atoms with Gasteiger partial charge in [0.2, 0.25) is 0 Å². The van der Waals surface area contributed by atoms with E-state index in [2.05, 4.69) is 0 Å². The molecule has 0 fully saturated rings. The van der Waals surface area contributed by atoms with Crippen molar-refractivity contribution in [2.45, 2.75) is 0 Å². The lowest BCUT2D eigenvalue weighted by Gasteiger charge is -2.09. The van der Waals surface area contributed by atoms with Gasteiger partial charge in [0.1, 0.15) is 0 Å². The zero-order valence-corrected chi connectivity index (χ0v) is 11.9. The number of hydrogen-bond donors (Lipinski definition) is 0. The van der Waals surface area contributed by atoms with E-state index < -0.39 is 0 Å². The average molecular weight is 320 g/mol. The number of hydrogen-bond acceptors (Lipinski definition) is 1. The fourth-order valence-corrected chi connectivity index (χ4v) is 2.43. The van der Waals surface area contributed by atoms with Crippen LogP contribution in [0.15, 0.2) is 30.3 Å². The molecule has 0 aliphatic heterocycles. The highest BCUT2D eigenvalue weighted by Gasteiger charge is 2.12. The van der Waals surface area contributed by atoms with Crippen LogP contribution in [-0.4, -0.2) is 6.29 Å². The maximum Gasteiger partial charge on any atom is 0.150 e. The van der Waals surface area contributed by atoms with Gasteiger partial charge in [0.05, 0.1) is 15.1 Å². The van der Waals surface area contributed by atoms with Crippen LogP contribution in [0.4, 0.5) is 0 Å². The van der Waals surface area contributed by atoms with Crippen LogP contribution in [0, 0.1) is 0 Å². The maximum absolute atomic E-state index is 11.1. The van der Waals surface area contributed by atoms with Crippen molar-refractivity contribution in [3.05, 3.63) is 56.0 Å². The Labute approximate surface area is 124 Å². The van der Waals surface area contributed by atoms with Crippen molar-refractivity contribution in [2.24, 2.45) is 0 Å². The van der Waals surface area contributed by atoms with Crippen LogP contribution in [-0.2, 0) is 0 Å². The van der Waals surface area contributed by atoms with Crippen molar-refractivity contribution in [3.63, 3.8) is 0 Å². The lowest BCUT2D eigenvalue weighted by atomic mass is 10.0. The summed E-state index contributed by atoms with van der Waals surface area (Å²) in [6, 6.07) is 8.15. The van der Waals surface area contributed by atoms with Gasteiger partial charge in [0.25, 0.3) is 0 Å². The van der Waals surface area contributed by atoms with Crippen LogP contribution in [0.2, 0.25) is 20.1 Å². The summed E-state index contributed by atoms with van der Waals surface area (Å²) >= 11 is 23.8. The Balaban J connectivity index is 2.69. The predicted octanol–water partition coefficient (Wildman–Crippen LogP) is 5.78. The van der Waals surface area contributed by atoms with Crippen molar-refractivity contribution >= 4 is 52.7 Å². The Morgan fingerprint density at radius 2 is 1.44 bits per heavy atom. The predicted molar refractivity (Wildman–Crippen MR) is 77.3 cm³/mol. The van der Waals surface area contributed by atoms with Gasteiger partial charge in [-0.05, 0) is 29.8 Å². The fourth-order valence-electron chi connectivity index (χ4n) is 1.61. The van der Waals surface area contributed by atoms with Gasteiger partial charge < -0.3 is 0 Å². The first-order chi connectivity index (χ1) is 8.52. The van der Waals surface area contributed by atoms with E-state index >= 15 is 0 Å². The van der Waals surface area contributed by atoms with Crippen molar-refractivity contribution < 1.29 is 4.79 Å². The van der Waals surface area contributed by atoms with Gasteiger partial charge >= 0.3 is 0 Å². The molecule has 92 valence electrons. The summed E-state index contributed by atoms with van der Waals surface area (Å²) in [5, 5.41) is 1.65. The Hall–Kier alpha value is -0.730. The zero-order valence-electron chi connectivity index (χ0n) is 8.88. The van der Waals surface area contributed by atoms with Crippen LogP contribution in [0.1, 0.15) is 10.4 Å². The first-order valence-corrected chi connectivity index (χ1v) is 6.43. The SMILES string of the molecule is O=Cc1cc(Cl)ccc1-c1cc(Cl)c(Cl)cc1Cl. The highest BCUT2D eigenvalue weighted by Crippen LogP contribution is 2.36. The number of rotatable bonds is 2. The van der Waals surface area contributed by atoms with Crippen LogP contribution in [0.25, 0.3) is 11.1 Å². The molecule has 0 atom stereocenters. The number of halogens is 4. The monoisotopic (exact) mass is 318 g/mol. The molecule has 0 radical (unpaired) electrons. The molecule has 0 N–H and O–H groups in total. The van der Waals surface area contributed by atoms with Crippen LogP contribution >= 0.6 is 46.4 Å². The maximum atomic E-state index is 11.1. The Bertz CT molecular complexity index is 623. The standard InChI is InChI=1S/C13H6Cl4O/c14-8-1-2-9(7(3-8)6-18)10-4-12(16)13(17)5-11(10)15/h1-6H. The molecule has 0 aromatic heterocycles. The van der Waals surface area contributed by atoms with E-state index in [1.807, 2.05) is 0 Å². The summed E-state index contributed by atoms with van der Waals surface area (Å²) in [4.78, 5) is 11.1. The Kier molecular flexibility index (Phi) is 4.18. The number of carbonyl (C=O) groups is 1. The Morgan fingerprint density at radius 3 is 2.11 bits per heavy atom. The van der Waals surface area contributed by atoms with E-state index in [9.17, 15) is 4.79 Å². The summed E-state index contributed by atoms with van der Waals surface area (Å²) in [6.45, 7) is 0. The third kappa shape index (κ3) is 2.65. The Morgan fingerprint density at radius 1 is 0.778 bits per heavy atom. The van der Waals surface area contributed by atoms with E-state index in [1.54, 1.807) is 30.3 Å². The molecule has 0 saturated heterocycles. The van der Waals surface area contributed by atoms with Gasteiger partial charge in [-0.1, -0.05) is 52.5 Å². The molecule has 0 unspecified atom stereocenters. The largest absolute Gasteiger partial charge is 0.298 e. The second-order valence-electron chi connectivity index (χ2n) is 3.60. The van der Waals surface area contributed by atoms with Gasteiger partial charge in [-0.2, -0.15) is 0 Å². The molecule has 0 amide bonds.